The molecular formula is C56H109NO9. The lowest BCUT2D eigenvalue weighted by atomic mass is 9.99. The van der Waals surface area contributed by atoms with Crippen LogP contribution >= 0.6 is 0 Å². The SMILES string of the molecule is CCCCCCCCCCCCCC/C=C/C(O)C(COC1OC(CO)C(O)C(O)C1O)NC(=O)C(O)CCCCCCCCCCCCCCCCCCCCCCCCCCCCC. The summed E-state index contributed by atoms with van der Waals surface area (Å²) in [5, 5.41) is 64.9. The molecular weight excluding hydrogens is 831 g/mol. The molecule has 10 heteroatoms. The summed E-state index contributed by atoms with van der Waals surface area (Å²) in [6.45, 7) is 3.64. The molecule has 1 aliphatic rings. The lowest BCUT2D eigenvalue weighted by Crippen LogP contribution is -2.60. The molecule has 8 unspecified atom stereocenters. The fourth-order valence-corrected chi connectivity index (χ4v) is 9.34. The number of rotatable bonds is 49. The van der Waals surface area contributed by atoms with Crippen LogP contribution in [0.5, 0.6) is 0 Å². The summed E-state index contributed by atoms with van der Waals surface area (Å²) < 4.78 is 11.2. The Morgan fingerprint density at radius 1 is 0.515 bits per heavy atom. The largest absolute Gasteiger partial charge is 0.394 e. The van der Waals surface area contributed by atoms with E-state index in [0.717, 1.165) is 44.9 Å². The van der Waals surface area contributed by atoms with Crippen molar-refractivity contribution in [2.24, 2.45) is 0 Å². The topological polar surface area (TPSA) is 169 Å². The van der Waals surface area contributed by atoms with Gasteiger partial charge in [-0.2, -0.15) is 0 Å². The van der Waals surface area contributed by atoms with Crippen LogP contribution in [0.2, 0.25) is 0 Å². The van der Waals surface area contributed by atoms with Crippen LogP contribution in [-0.4, -0.2) is 98.7 Å². The molecule has 0 radical (unpaired) electrons. The van der Waals surface area contributed by atoms with Crippen molar-refractivity contribution in [1.82, 2.24) is 5.32 Å². The van der Waals surface area contributed by atoms with Crippen molar-refractivity contribution >= 4 is 5.91 Å². The number of hydrogen-bond acceptors (Lipinski definition) is 9. The molecule has 1 aliphatic heterocycles. The number of hydrogen-bond donors (Lipinski definition) is 7. The molecule has 1 saturated heterocycles. The van der Waals surface area contributed by atoms with E-state index < -0.39 is 61.5 Å². The van der Waals surface area contributed by atoms with Gasteiger partial charge in [-0.3, -0.25) is 4.79 Å². The van der Waals surface area contributed by atoms with E-state index in [-0.39, 0.29) is 6.61 Å². The number of amides is 1. The van der Waals surface area contributed by atoms with Crippen molar-refractivity contribution in [2.75, 3.05) is 13.2 Å². The first-order chi connectivity index (χ1) is 32.3. The highest BCUT2D eigenvalue weighted by Gasteiger charge is 2.44. The van der Waals surface area contributed by atoms with Gasteiger partial charge in [0.15, 0.2) is 6.29 Å². The highest BCUT2D eigenvalue weighted by molar-refractivity contribution is 5.80. The van der Waals surface area contributed by atoms with Crippen molar-refractivity contribution in [3.05, 3.63) is 12.2 Å². The highest BCUT2D eigenvalue weighted by Crippen LogP contribution is 2.23. The predicted molar refractivity (Wildman–Crippen MR) is 273 cm³/mol. The number of ether oxygens (including phenoxy) is 2. The van der Waals surface area contributed by atoms with E-state index in [9.17, 15) is 35.4 Å². The Morgan fingerprint density at radius 3 is 1.23 bits per heavy atom. The molecule has 1 rings (SSSR count). The van der Waals surface area contributed by atoms with Crippen molar-refractivity contribution in [3.8, 4) is 0 Å². The third kappa shape index (κ3) is 35.1. The van der Waals surface area contributed by atoms with Crippen LogP contribution in [-0.2, 0) is 14.3 Å². The molecule has 10 nitrogen and oxygen atoms in total. The maximum absolute atomic E-state index is 13.1. The number of carbonyl (C=O) groups excluding carboxylic acids is 1. The van der Waals surface area contributed by atoms with Crippen molar-refractivity contribution < 1.29 is 44.9 Å². The molecule has 0 aromatic rings. The molecule has 1 heterocycles. The lowest BCUT2D eigenvalue weighted by molar-refractivity contribution is -0.302. The first-order valence-electron chi connectivity index (χ1n) is 28.5. The zero-order chi connectivity index (χ0) is 48.1. The minimum Gasteiger partial charge on any atom is -0.394 e. The van der Waals surface area contributed by atoms with Gasteiger partial charge in [-0.1, -0.05) is 270 Å². The van der Waals surface area contributed by atoms with E-state index in [2.05, 4.69) is 19.2 Å². The van der Waals surface area contributed by atoms with Gasteiger partial charge >= 0.3 is 0 Å². The van der Waals surface area contributed by atoms with Gasteiger partial charge in [-0.25, -0.2) is 0 Å². The normalized spacial score (nSPS) is 20.3. The number of aliphatic hydroxyl groups excluding tert-OH is 6. The molecule has 392 valence electrons. The number of nitrogens with one attached hydrogen (secondary N) is 1. The zero-order valence-corrected chi connectivity index (χ0v) is 43.1. The first-order valence-corrected chi connectivity index (χ1v) is 28.5. The van der Waals surface area contributed by atoms with E-state index in [1.807, 2.05) is 6.08 Å². The van der Waals surface area contributed by atoms with Gasteiger partial charge in [0.25, 0.3) is 0 Å². The van der Waals surface area contributed by atoms with Gasteiger partial charge in [0.2, 0.25) is 5.91 Å². The van der Waals surface area contributed by atoms with Crippen LogP contribution in [0.15, 0.2) is 12.2 Å². The Balaban J connectivity index is 2.21. The van der Waals surface area contributed by atoms with E-state index in [1.54, 1.807) is 6.08 Å². The second-order valence-electron chi connectivity index (χ2n) is 20.2. The van der Waals surface area contributed by atoms with Crippen LogP contribution in [0.1, 0.15) is 277 Å². The Hall–Kier alpha value is -1.11. The number of carbonyl (C=O) groups is 1. The molecule has 0 aliphatic carbocycles. The van der Waals surface area contributed by atoms with E-state index in [4.69, 9.17) is 9.47 Å². The number of unbranched alkanes of at least 4 members (excludes halogenated alkanes) is 38. The molecule has 7 N–H and O–H groups in total. The minimum absolute atomic E-state index is 0.301. The standard InChI is InChI=1S/C56H109NO9/c1-3-5-7-9-11-13-15-17-19-20-21-22-23-24-25-26-27-28-29-30-31-33-35-37-39-41-43-45-50(60)55(64)57-48(47-65-56-54(63)53(62)52(61)51(46-58)66-56)49(59)44-42-40-38-36-34-32-18-16-14-12-10-8-6-4-2/h42,44,48-54,56,58-63H,3-41,43,45-47H2,1-2H3,(H,57,64)/b44-42+. The van der Waals surface area contributed by atoms with Crippen LogP contribution in [0.4, 0.5) is 0 Å². The maximum atomic E-state index is 13.1. The van der Waals surface area contributed by atoms with Crippen molar-refractivity contribution in [1.29, 1.82) is 0 Å². The minimum atomic E-state index is -1.61. The molecule has 0 aromatic carbocycles. The van der Waals surface area contributed by atoms with Crippen LogP contribution in [0, 0.1) is 0 Å². The number of allylic oxidation sites excluding steroid dienone is 1. The van der Waals surface area contributed by atoms with Gasteiger partial charge < -0.3 is 45.4 Å². The van der Waals surface area contributed by atoms with E-state index in [1.165, 1.54) is 212 Å². The quantitative estimate of drug-likeness (QED) is 0.0232. The van der Waals surface area contributed by atoms with Gasteiger partial charge in [0.1, 0.15) is 30.5 Å². The molecule has 1 fully saturated rings. The van der Waals surface area contributed by atoms with E-state index >= 15 is 0 Å². The second-order valence-corrected chi connectivity index (χ2v) is 20.2. The summed E-state index contributed by atoms with van der Waals surface area (Å²) in [6.07, 6.45) is 46.1. The van der Waals surface area contributed by atoms with Crippen molar-refractivity contribution in [2.45, 2.75) is 326 Å². The smallest absolute Gasteiger partial charge is 0.249 e. The van der Waals surface area contributed by atoms with Gasteiger partial charge in [0.05, 0.1) is 25.4 Å². The summed E-state index contributed by atoms with van der Waals surface area (Å²) in [7, 11) is 0. The Kier molecular flexibility index (Phi) is 44.1. The summed E-state index contributed by atoms with van der Waals surface area (Å²) in [4.78, 5) is 13.1. The monoisotopic (exact) mass is 940 g/mol. The molecule has 0 aromatic heterocycles. The average molecular weight is 940 g/mol. The maximum Gasteiger partial charge on any atom is 0.249 e. The Bertz CT molecular complexity index is 1060. The average Bonchev–Trinajstić information content (AvgIpc) is 3.32. The van der Waals surface area contributed by atoms with Crippen LogP contribution in [0.25, 0.3) is 0 Å². The molecule has 0 saturated carbocycles. The Morgan fingerprint density at radius 2 is 0.864 bits per heavy atom. The highest BCUT2D eigenvalue weighted by atomic mass is 16.7. The van der Waals surface area contributed by atoms with Crippen LogP contribution < -0.4 is 5.32 Å². The van der Waals surface area contributed by atoms with Crippen molar-refractivity contribution in [3.63, 3.8) is 0 Å². The lowest BCUT2D eigenvalue weighted by Gasteiger charge is -2.40. The van der Waals surface area contributed by atoms with Gasteiger partial charge in [0, 0.05) is 0 Å². The molecule has 8 atom stereocenters. The zero-order valence-electron chi connectivity index (χ0n) is 43.1. The van der Waals surface area contributed by atoms with Gasteiger partial charge in [-0.15, -0.1) is 0 Å². The summed E-state index contributed by atoms with van der Waals surface area (Å²) in [5.74, 6) is -0.611. The Labute approximate surface area is 406 Å². The van der Waals surface area contributed by atoms with E-state index in [0.29, 0.717) is 6.42 Å². The summed E-state index contributed by atoms with van der Waals surface area (Å²) in [5.41, 5.74) is 0. The predicted octanol–water partition coefficient (Wildman–Crippen LogP) is 12.6. The summed E-state index contributed by atoms with van der Waals surface area (Å²) >= 11 is 0. The van der Waals surface area contributed by atoms with Gasteiger partial charge in [-0.05, 0) is 19.3 Å². The van der Waals surface area contributed by atoms with Crippen LogP contribution in [0.3, 0.4) is 0 Å². The molecule has 0 spiro atoms. The fraction of sp³-hybridized carbons (Fsp3) is 0.946. The third-order valence-corrected chi connectivity index (χ3v) is 14.0. The number of aliphatic hydroxyl groups is 6. The summed E-state index contributed by atoms with van der Waals surface area (Å²) in [6, 6.07) is -0.975. The second kappa shape index (κ2) is 46.3. The molecule has 66 heavy (non-hydrogen) atoms. The molecule has 0 bridgehead atoms. The fourth-order valence-electron chi connectivity index (χ4n) is 9.34. The third-order valence-electron chi connectivity index (χ3n) is 14.0. The molecule has 1 amide bonds. The first kappa shape index (κ1) is 62.9.